The van der Waals surface area contributed by atoms with Gasteiger partial charge in [-0.25, -0.2) is 14.3 Å². The summed E-state index contributed by atoms with van der Waals surface area (Å²) in [6, 6.07) is 0. The summed E-state index contributed by atoms with van der Waals surface area (Å²) >= 11 is 0. The molecule has 2 aliphatic heterocycles. The zero-order valence-electron chi connectivity index (χ0n) is 14.3. The quantitative estimate of drug-likeness (QED) is 0.412. The SMILES string of the molecule is Cn1ncc(N2CCOCC2)c(C=C2C(=O)OC(C)(C)OC2=O)c1=O. The van der Waals surface area contributed by atoms with E-state index in [1.54, 1.807) is 0 Å². The summed E-state index contributed by atoms with van der Waals surface area (Å²) in [6.07, 6.45) is 2.75. The van der Waals surface area contributed by atoms with Crippen molar-refractivity contribution in [3.63, 3.8) is 0 Å². The molecule has 0 aliphatic carbocycles. The Kier molecular flexibility index (Phi) is 4.34. The summed E-state index contributed by atoms with van der Waals surface area (Å²) in [5, 5.41) is 4.03. The number of hydrogen-bond acceptors (Lipinski definition) is 8. The van der Waals surface area contributed by atoms with Gasteiger partial charge in [0.25, 0.3) is 11.3 Å². The van der Waals surface area contributed by atoms with Gasteiger partial charge in [0.15, 0.2) is 0 Å². The minimum Gasteiger partial charge on any atom is -0.419 e. The van der Waals surface area contributed by atoms with Crippen LogP contribution in [0.15, 0.2) is 16.6 Å². The number of aryl methyl sites for hydroxylation is 1. The van der Waals surface area contributed by atoms with E-state index < -0.39 is 23.3 Å². The molecule has 0 bridgehead atoms. The van der Waals surface area contributed by atoms with Crippen LogP contribution < -0.4 is 10.5 Å². The zero-order valence-corrected chi connectivity index (χ0v) is 14.3. The molecular weight excluding hydrogens is 330 g/mol. The Morgan fingerprint density at radius 3 is 2.32 bits per heavy atom. The van der Waals surface area contributed by atoms with Gasteiger partial charge in [-0.15, -0.1) is 0 Å². The molecule has 0 saturated carbocycles. The van der Waals surface area contributed by atoms with Crippen molar-refractivity contribution in [3.8, 4) is 0 Å². The summed E-state index contributed by atoms with van der Waals surface area (Å²) in [6.45, 7) is 5.11. The fourth-order valence-corrected chi connectivity index (χ4v) is 2.66. The number of cyclic esters (lactones) is 2. The van der Waals surface area contributed by atoms with Crippen LogP contribution in [0.2, 0.25) is 0 Å². The second kappa shape index (κ2) is 6.32. The van der Waals surface area contributed by atoms with Crippen LogP contribution in [0.4, 0.5) is 5.69 Å². The number of carbonyl (C=O) groups excluding carboxylic acids is 2. The number of carbonyl (C=O) groups is 2. The van der Waals surface area contributed by atoms with Crippen LogP contribution in [-0.2, 0) is 30.8 Å². The van der Waals surface area contributed by atoms with Crippen LogP contribution in [0.1, 0.15) is 19.4 Å². The fraction of sp³-hybridized carbons (Fsp3) is 0.500. The molecule has 0 atom stereocenters. The summed E-state index contributed by atoms with van der Waals surface area (Å²) in [5.41, 5.74) is -0.0357. The lowest BCUT2D eigenvalue weighted by Crippen LogP contribution is -2.42. The van der Waals surface area contributed by atoms with Gasteiger partial charge in [0.1, 0.15) is 5.57 Å². The van der Waals surface area contributed by atoms with Crippen molar-refractivity contribution in [2.45, 2.75) is 19.6 Å². The van der Waals surface area contributed by atoms with Crippen molar-refractivity contribution in [1.82, 2.24) is 9.78 Å². The Labute approximate surface area is 143 Å². The predicted octanol–water partition coefficient (Wildman–Crippen LogP) is -0.164. The van der Waals surface area contributed by atoms with Gasteiger partial charge in [-0.3, -0.25) is 4.79 Å². The standard InChI is InChI=1S/C16H19N3O6/c1-16(2)24-14(21)11(15(22)25-16)8-10-12(9-17-18(3)13(10)20)19-4-6-23-7-5-19/h8-9H,4-7H2,1-3H3. The smallest absolute Gasteiger partial charge is 0.348 e. The molecule has 134 valence electrons. The highest BCUT2D eigenvalue weighted by molar-refractivity contribution is 6.19. The van der Waals surface area contributed by atoms with E-state index in [1.165, 1.54) is 33.2 Å². The van der Waals surface area contributed by atoms with Crippen LogP contribution in [-0.4, -0.2) is 53.8 Å². The van der Waals surface area contributed by atoms with Crippen molar-refractivity contribution < 1.29 is 23.8 Å². The van der Waals surface area contributed by atoms with Crippen molar-refractivity contribution in [2.24, 2.45) is 7.05 Å². The summed E-state index contributed by atoms with van der Waals surface area (Å²) in [5.74, 6) is -2.98. The van der Waals surface area contributed by atoms with E-state index in [0.29, 0.717) is 32.0 Å². The molecule has 9 heteroatoms. The molecule has 0 aromatic carbocycles. The van der Waals surface area contributed by atoms with Crippen LogP contribution in [0.3, 0.4) is 0 Å². The lowest BCUT2D eigenvalue weighted by molar-refractivity contribution is -0.222. The third kappa shape index (κ3) is 3.41. The first-order valence-corrected chi connectivity index (χ1v) is 7.86. The average Bonchev–Trinajstić information content (AvgIpc) is 2.54. The molecule has 0 spiro atoms. The van der Waals surface area contributed by atoms with E-state index >= 15 is 0 Å². The minimum absolute atomic E-state index is 0.183. The maximum atomic E-state index is 12.5. The molecule has 2 saturated heterocycles. The molecule has 0 amide bonds. The molecule has 0 N–H and O–H groups in total. The molecule has 2 fully saturated rings. The molecule has 0 radical (unpaired) electrons. The molecule has 1 aromatic heterocycles. The Morgan fingerprint density at radius 1 is 1.12 bits per heavy atom. The van der Waals surface area contributed by atoms with E-state index in [9.17, 15) is 14.4 Å². The summed E-state index contributed by atoms with van der Waals surface area (Å²) < 4.78 is 16.6. The second-order valence-corrected chi connectivity index (χ2v) is 6.21. The number of morpholine rings is 1. The molecule has 25 heavy (non-hydrogen) atoms. The highest BCUT2D eigenvalue weighted by Gasteiger charge is 2.39. The van der Waals surface area contributed by atoms with Gasteiger partial charge in [-0.2, -0.15) is 5.10 Å². The lowest BCUT2D eigenvalue weighted by Gasteiger charge is -2.31. The molecule has 1 aromatic rings. The monoisotopic (exact) mass is 349 g/mol. The number of rotatable bonds is 2. The van der Waals surface area contributed by atoms with E-state index in [-0.39, 0.29) is 11.1 Å². The van der Waals surface area contributed by atoms with E-state index in [4.69, 9.17) is 14.2 Å². The number of ether oxygens (including phenoxy) is 3. The molecule has 3 heterocycles. The third-order valence-electron chi connectivity index (χ3n) is 3.91. The Morgan fingerprint density at radius 2 is 1.72 bits per heavy atom. The van der Waals surface area contributed by atoms with Crippen LogP contribution in [0.5, 0.6) is 0 Å². The molecule has 2 aliphatic rings. The topological polar surface area (TPSA) is 100.0 Å². The Hall–Kier alpha value is -2.68. The number of aromatic nitrogens is 2. The third-order valence-corrected chi connectivity index (χ3v) is 3.91. The molecule has 0 unspecified atom stereocenters. The van der Waals surface area contributed by atoms with Gasteiger partial charge in [0.2, 0.25) is 0 Å². The van der Waals surface area contributed by atoms with Gasteiger partial charge in [-0.1, -0.05) is 0 Å². The second-order valence-electron chi connectivity index (χ2n) is 6.21. The highest BCUT2D eigenvalue weighted by Crippen LogP contribution is 2.26. The zero-order chi connectivity index (χ0) is 18.2. The molecule has 3 rings (SSSR count). The van der Waals surface area contributed by atoms with Crippen LogP contribution in [0, 0.1) is 0 Å². The maximum absolute atomic E-state index is 12.5. The van der Waals surface area contributed by atoms with Gasteiger partial charge in [0, 0.05) is 34.0 Å². The molecule has 9 nitrogen and oxygen atoms in total. The maximum Gasteiger partial charge on any atom is 0.348 e. The van der Waals surface area contributed by atoms with E-state index in [1.807, 2.05) is 4.90 Å². The summed E-state index contributed by atoms with van der Waals surface area (Å²) in [4.78, 5) is 38.8. The minimum atomic E-state index is -1.33. The summed E-state index contributed by atoms with van der Waals surface area (Å²) in [7, 11) is 1.49. The van der Waals surface area contributed by atoms with Crippen molar-refractivity contribution in [2.75, 3.05) is 31.2 Å². The van der Waals surface area contributed by atoms with Crippen molar-refractivity contribution >= 4 is 23.7 Å². The first-order chi connectivity index (χ1) is 11.8. The van der Waals surface area contributed by atoms with Gasteiger partial charge >= 0.3 is 11.9 Å². The largest absolute Gasteiger partial charge is 0.419 e. The highest BCUT2D eigenvalue weighted by atomic mass is 16.7. The molecular formula is C16H19N3O6. The van der Waals surface area contributed by atoms with Gasteiger partial charge in [-0.05, 0) is 6.08 Å². The van der Waals surface area contributed by atoms with Crippen molar-refractivity contribution in [3.05, 3.63) is 27.7 Å². The normalized spacial score (nSPS) is 20.1. The first-order valence-electron chi connectivity index (χ1n) is 7.86. The fourth-order valence-electron chi connectivity index (χ4n) is 2.66. The number of anilines is 1. The van der Waals surface area contributed by atoms with Crippen LogP contribution >= 0.6 is 0 Å². The van der Waals surface area contributed by atoms with E-state index in [0.717, 1.165) is 4.68 Å². The Bertz CT molecular complexity index is 783. The first kappa shape index (κ1) is 17.2. The van der Waals surface area contributed by atoms with Crippen LogP contribution in [0.25, 0.3) is 6.08 Å². The number of hydrogen-bond donors (Lipinski definition) is 0. The lowest BCUT2D eigenvalue weighted by atomic mass is 10.1. The Balaban J connectivity index is 2.07. The average molecular weight is 349 g/mol. The number of nitrogens with zero attached hydrogens (tertiary/aromatic N) is 3. The van der Waals surface area contributed by atoms with Gasteiger partial charge in [0.05, 0.1) is 30.7 Å². The van der Waals surface area contributed by atoms with Crippen molar-refractivity contribution in [1.29, 1.82) is 0 Å². The van der Waals surface area contributed by atoms with Gasteiger partial charge < -0.3 is 19.1 Å². The number of esters is 2. The predicted molar refractivity (Wildman–Crippen MR) is 86.8 cm³/mol. The van der Waals surface area contributed by atoms with E-state index in [2.05, 4.69) is 5.10 Å².